The molecule has 0 unspecified atom stereocenters. The first-order valence-electron chi connectivity index (χ1n) is 9.70. The lowest BCUT2D eigenvalue weighted by Crippen LogP contribution is -2.10. The summed E-state index contributed by atoms with van der Waals surface area (Å²) in [5.74, 6) is -0.0953. The topological polar surface area (TPSA) is 112 Å². The number of nitrogens with zero attached hydrogens (tertiary/aromatic N) is 3. The summed E-state index contributed by atoms with van der Waals surface area (Å²) in [6.07, 6.45) is 8.09. The molecule has 0 radical (unpaired) electrons. The lowest BCUT2D eigenvalue weighted by atomic mass is 10.2. The number of para-hydroxylation sites is 1. The molecule has 0 saturated heterocycles. The van der Waals surface area contributed by atoms with Crippen LogP contribution in [0.5, 0.6) is 11.6 Å². The van der Waals surface area contributed by atoms with Gasteiger partial charge in [0.2, 0.25) is 17.7 Å². The molecule has 0 aliphatic rings. The van der Waals surface area contributed by atoms with Crippen molar-refractivity contribution in [1.82, 2.24) is 14.8 Å². The van der Waals surface area contributed by atoms with Gasteiger partial charge in [0.15, 0.2) is 0 Å². The van der Waals surface area contributed by atoms with Crippen molar-refractivity contribution in [2.45, 2.75) is 0 Å². The molecule has 2 aromatic heterocycles. The number of hydrogen-bond acceptors (Lipinski definition) is 5. The zero-order chi connectivity index (χ0) is 22.3. The molecule has 2 aromatic carbocycles. The first-order valence-corrected chi connectivity index (χ1v) is 9.70. The van der Waals surface area contributed by atoms with Gasteiger partial charge in [-0.1, -0.05) is 24.3 Å². The number of amides is 2. The average molecular weight is 425 g/mol. The van der Waals surface area contributed by atoms with Gasteiger partial charge < -0.3 is 15.8 Å². The fourth-order valence-corrected chi connectivity index (χ4v) is 2.85. The summed E-state index contributed by atoms with van der Waals surface area (Å²) in [5.41, 5.74) is 7.86. The highest BCUT2D eigenvalue weighted by Crippen LogP contribution is 2.21. The highest BCUT2D eigenvalue weighted by atomic mass is 16.5. The molecule has 8 heteroatoms. The van der Waals surface area contributed by atoms with Gasteiger partial charge in [0.05, 0.1) is 23.8 Å². The van der Waals surface area contributed by atoms with Gasteiger partial charge >= 0.3 is 0 Å². The maximum absolute atomic E-state index is 12.2. The SMILES string of the molecule is NC(=O)c1cccc(Oc2ccc(NC(=O)/C=C/c3cnn(-c4ccccc4)c3)cn2)c1. The second-order valence-electron chi connectivity index (χ2n) is 6.76. The summed E-state index contributed by atoms with van der Waals surface area (Å²) in [5, 5.41) is 7.03. The molecule has 0 atom stereocenters. The number of benzene rings is 2. The normalized spacial score (nSPS) is 10.8. The summed E-state index contributed by atoms with van der Waals surface area (Å²) in [4.78, 5) is 27.6. The van der Waals surface area contributed by atoms with E-state index < -0.39 is 5.91 Å². The van der Waals surface area contributed by atoms with Crippen LogP contribution in [0.15, 0.2) is 91.4 Å². The maximum Gasteiger partial charge on any atom is 0.248 e. The van der Waals surface area contributed by atoms with E-state index in [1.54, 1.807) is 47.3 Å². The minimum absolute atomic E-state index is 0.304. The lowest BCUT2D eigenvalue weighted by molar-refractivity contribution is -0.111. The summed E-state index contributed by atoms with van der Waals surface area (Å²) < 4.78 is 7.35. The van der Waals surface area contributed by atoms with Crippen LogP contribution in [0.1, 0.15) is 15.9 Å². The number of carbonyl (C=O) groups is 2. The Hall–Kier alpha value is -4.72. The quantitative estimate of drug-likeness (QED) is 0.437. The molecular formula is C24H19N5O3. The standard InChI is InChI=1S/C24H19N5O3/c25-24(31)18-5-4-8-21(13-18)32-23-12-10-19(15-26-23)28-22(30)11-9-17-14-27-29(16-17)20-6-2-1-3-7-20/h1-16H,(H2,25,31)(H,28,30)/b11-9+. The van der Waals surface area contributed by atoms with Crippen LogP contribution in [0.3, 0.4) is 0 Å². The summed E-state index contributed by atoms with van der Waals surface area (Å²) in [7, 11) is 0. The molecule has 0 bridgehead atoms. The van der Waals surface area contributed by atoms with Gasteiger partial charge in [0.25, 0.3) is 0 Å². The van der Waals surface area contributed by atoms with Gasteiger partial charge in [-0.3, -0.25) is 9.59 Å². The van der Waals surface area contributed by atoms with Crippen molar-refractivity contribution in [3.8, 4) is 17.3 Å². The van der Waals surface area contributed by atoms with Gasteiger partial charge in [-0.25, -0.2) is 9.67 Å². The second-order valence-corrected chi connectivity index (χ2v) is 6.76. The second kappa shape index (κ2) is 9.40. The Morgan fingerprint density at radius 2 is 1.84 bits per heavy atom. The van der Waals surface area contributed by atoms with E-state index in [2.05, 4.69) is 15.4 Å². The Morgan fingerprint density at radius 1 is 1.00 bits per heavy atom. The molecule has 0 aliphatic heterocycles. The van der Waals surface area contributed by atoms with E-state index in [9.17, 15) is 9.59 Å². The van der Waals surface area contributed by atoms with Crippen LogP contribution in [0.4, 0.5) is 5.69 Å². The monoisotopic (exact) mass is 425 g/mol. The minimum Gasteiger partial charge on any atom is -0.439 e. The van der Waals surface area contributed by atoms with Crippen LogP contribution in [-0.2, 0) is 4.79 Å². The van der Waals surface area contributed by atoms with E-state index in [0.29, 0.717) is 22.9 Å². The Morgan fingerprint density at radius 3 is 2.59 bits per heavy atom. The molecule has 8 nitrogen and oxygen atoms in total. The summed E-state index contributed by atoms with van der Waals surface area (Å²) in [6.45, 7) is 0. The predicted molar refractivity (Wildman–Crippen MR) is 120 cm³/mol. The number of anilines is 1. The number of ether oxygens (including phenoxy) is 1. The summed E-state index contributed by atoms with van der Waals surface area (Å²) >= 11 is 0. The van der Waals surface area contributed by atoms with E-state index in [1.165, 1.54) is 18.3 Å². The molecule has 32 heavy (non-hydrogen) atoms. The van der Waals surface area contributed by atoms with Crippen LogP contribution in [0.2, 0.25) is 0 Å². The van der Waals surface area contributed by atoms with Crippen molar-refractivity contribution in [3.63, 3.8) is 0 Å². The molecule has 4 aromatic rings. The fourth-order valence-electron chi connectivity index (χ4n) is 2.85. The molecule has 3 N–H and O–H groups in total. The number of aromatic nitrogens is 3. The highest BCUT2D eigenvalue weighted by molar-refractivity contribution is 6.01. The van der Waals surface area contributed by atoms with Crippen LogP contribution < -0.4 is 15.8 Å². The third-order valence-electron chi connectivity index (χ3n) is 4.40. The van der Waals surface area contributed by atoms with Crippen LogP contribution in [0, 0.1) is 0 Å². The number of primary amides is 1. The summed E-state index contributed by atoms with van der Waals surface area (Å²) in [6, 6.07) is 19.5. The third kappa shape index (κ3) is 5.25. The van der Waals surface area contributed by atoms with Gasteiger partial charge in [-0.2, -0.15) is 5.10 Å². The molecule has 0 saturated carbocycles. The molecule has 0 spiro atoms. The number of rotatable bonds is 7. The first-order chi connectivity index (χ1) is 15.6. The fraction of sp³-hybridized carbons (Fsp3) is 0. The number of hydrogen-bond donors (Lipinski definition) is 2. The lowest BCUT2D eigenvalue weighted by Gasteiger charge is -2.07. The number of nitrogens with one attached hydrogen (secondary N) is 1. The van der Waals surface area contributed by atoms with Crippen molar-refractivity contribution in [2.75, 3.05) is 5.32 Å². The molecule has 158 valence electrons. The molecule has 2 amide bonds. The molecule has 4 rings (SSSR count). The minimum atomic E-state index is -0.540. The van der Waals surface area contributed by atoms with E-state index in [-0.39, 0.29) is 5.91 Å². The van der Waals surface area contributed by atoms with Crippen molar-refractivity contribution in [3.05, 3.63) is 103 Å². The van der Waals surface area contributed by atoms with Gasteiger partial charge in [0, 0.05) is 29.5 Å². The largest absolute Gasteiger partial charge is 0.439 e. The molecule has 0 aliphatic carbocycles. The van der Waals surface area contributed by atoms with E-state index in [1.807, 2.05) is 36.5 Å². The maximum atomic E-state index is 12.2. The Balaban J connectivity index is 1.34. The third-order valence-corrected chi connectivity index (χ3v) is 4.40. The molecule has 2 heterocycles. The van der Waals surface area contributed by atoms with E-state index in [0.717, 1.165) is 11.3 Å². The predicted octanol–water partition coefficient (Wildman–Crippen LogP) is 3.81. The van der Waals surface area contributed by atoms with Crippen molar-refractivity contribution in [1.29, 1.82) is 0 Å². The zero-order valence-electron chi connectivity index (χ0n) is 16.9. The van der Waals surface area contributed by atoms with Crippen LogP contribution in [-0.4, -0.2) is 26.6 Å². The van der Waals surface area contributed by atoms with Crippen molar-refractivity contribution < 1.29 is 14.3 Å². The Labute approximate surface area is 184 Å². The van der Waals surface area contributed by atoms with Gasteiger partial charge in [-0.05, 0) is 42.5 Å². The van der Waals surface area contributed by atoms with Crippen LogP contribution >= 0.6 is 0 Å². The number of carbonyl (C=O) groups excluding carboxylic acids is 2. The molecule has 0 fully saturated rings. The first kappa shape index (κ1) is 20.5. The zero-order valence-corrected chi connectivity index (χ0v) is 16.9. The molecular weight excluding hydrogens is 406 g/mol. The van der Waals surface area contributed by atoms with Gasteiger partial charge in [0.1, 0.15) is 5.75 Å². The van der Waals surface area contributed by atoms with Gasteiger partial charge in [-0.15, -0.1) is 0 Å². The van der Waals surface area contributed by atoms with Crippen molar-refractivity contribution >= 4 is 23.6 Å². The Bertz CT molecular complexity index is 1260. The van der Waals surface area contributed by atoms with Crippen LogP contribution in [0.25, 0.3) is 11.8 Å². The van der Waals surface area contributed by atoms with E-state index in [4.69, 9.17) is 10.5 Å². The van der Waals surface area contributed by atoms with E-state index >= 15 is 0 Å². The average Bonchev–Trinajstić information content (AvgIpc) is 3.29. The highest BCUT2D eigenvalue weighted by Gasteiger charge is 2.05. The van der Waals surface area contributed by atoms with Crippen molar-refractivity contribution in [2.24, 2.45) is 5.73 Å². The number of nitrogens with two attached hydrogens (primary N) is 1. The Kier molecular flexibility index (Phi) is 6.03. The smallest absolute Gasteiger partial charge is 0.248 e. The number of pyridine rings is 1.